The maximum atomic E-state index is 12.4. The van der Waals surface area contributed by atoms with E-state index in [1.54, 1.807) is 0 Å². The van der Waals surface area contributed by atoms with Gasteiger partial charge in [-0.05, 0) is 13.0 Å². The van der Waals surface area contributed by atoms with Gasteiger partial charge in [0.1, 0.15) is 17.1 Å². The molecule has 1 saturated heterocycles. The number of allylic oxidation sites excluding steroid dienone is 4. The average Bonchev–Trinajstić information content (AvgIpc) is 3.04. The van der Waals surface area contributed by atoms with Gasteiger partial charge in [0.15, 0.2) is 5.78 Å². The number of aliphatic hydroxyl groups excluding tert-OH is 1. The molecule has 1 aromatic rings. The number of Topliss-reactive ketones (excluding diaryl/α,β-unsaturated/α-hetero) is 1. The molecule has 3 rings (SSSR count). The highest BCUT2D eigenvalue weighted by molar-refractivity contribution is 6.36. The lowest BCUT2D eigenvalue weighted by molar-refractivity contribution is -0.113. The zero-order valence-corrected chi connectivity index (χ0v) is 14.6. The number of rotatable bonds is 4. The van der Waals surface area contributed by atoms with E-state index >= 15 is 0 Å². The van der Waals surface area contributed by atoms with Crippen LogP contribution in [0.2, 0.25) is 0 Å². The number of hydrogen-bond donors (Lipinski definition) is 4. The molecule has 2 aliphatic rings. The van der Waals surface area contributed by atoms with Gasteiger partial charge >= 0.3 is 0 Å². The van der Waals surface area contributed by atoms with Gasteiger partial charge in [-0.15, -0.1) is 0 Å². The first-order chi connectivity index (χ1) is 12.0. The summed E-state index contributed by atoms with van der Waals surface area (Å²) in [5, 5.41) is 22.8. The summed E-state index contributed by atoms with van der Waals surface area (Å²) in [5.74, 6) is -0.714. The van der Waals surface area contributed by atoms with Crippen LogP contribution in [0.3, 0.4) is 0 Å². The minimum atomic E-state index is -0.285. The molecule has 1 amide bonds. The molecule has 0 atom stereocenters. The minimum absolute atomic E-state index is 0.114. The van der Waals surface area contributed by atoms with E-state index < -0.39 is 0 Å². The number of H-pyrrole nitrogens is 1. The largest absolute Gasteiger partial charge is 0.510 e. The van der Waals surface area contributed by atoms with E-state index in [-0.39, 0.29) is 28.9 Å². The second kappa shape index (κ2) is 7.28. The van der Waals surface area contributed by atoms with Crippen molar-refractivity contribution in [3.8, 4) is 0 Å². The highest BCUT2D eigenvalue weighted by Gasteiger charge is 2.31. The zero-order valence-electron chi connectivity index (χ0n) is 13.9. The topological polar surface area (TPSA) is 110 Å². The van der Waals surface area contributed by atoms with E-state index in [0.29, 0.717) is 42.3 Å². The molecule has 0 spiro atoms. The van der Waals surface area contributed by atoms with Crippen molar-refractivity contribution in [2.75, 3.05) is 37.6 Å². The standard InChI is InChI=1S/C16H20ClN5O3/c1-2-19-16(25)14-15(22-5-3-18-4-6-22)13(20-21-14)9-7-10(17)12(24)8-11(9)23/h7,18,24H,2-6,8H2,1H3,(H,19,25)(H,20,21). The fourth-order valence-corrected chi connectivity index (χ4v) is 3.13. The Morgan fingerprint density at radius 2 is 2.16 bits per heavy atom. The Bertz CT molecular complexity index is 762. The quantitative estimate of drug-likeness (QED) is 0.632. The van der Waals surface area contributed by atoms with Gasteiger partial charge in [-0.1, -0.05) is 11.6 Å². The van der Waals surface area contributed by atoms with Gasteiger partial charge in [-0.2, -0.15) is 5.10 Å². The van der Waals surface area contributed by atoms with E-state index in [1.165, 1.54) is 6.08 Å². The molecule has 0 aromatic carbocycles. The molecule has 1 aliphatic carbocycles. The van der Waals surface area contributed by atoms with Crippen LogP contribution in [0.4, 0.5) is 5.69 Å². The predicted molar refractivity (Wildman–Crippen MR) is 94.8 cm³/mol. The first-order valence-electron chi connectivity index (χ1n) is 8.18. The van der Waals surface area contributed by atoms with Crippen LogP contribution in [0.5, 0.6) is 0 Å². The molecule has 9 heteroatoms. The molecule has 1 aliphatic heterocycles. The number of hydrogen-bond acceptors (Lipinski definition) is 6. The maximum Gasteiger partial charge on any atom is 0.271 e. The predicted octanol–water partition coefficient (Wildman–Crippen LogP) is 0.934. The van der Waals surface area contributed by atoms with Crippen molar-refractivity contribution in [2.24, 2.45) is 0 Å². The molecular weight excluding hydrogens is 346 g/mol. The number of carbonyl (C=O) groups is 2. The van der Waals surface area contributed by atoms with E-state index in [2.05, 4.69) is 20.8 Å². The van der Waals surface area contributed by atoms with Crippen LogP contribution in [0.1, 0.15) is 29.5 Å². The summed E-state index contributed by atoms with van der Waals surface area (Å²) < 4.78 is 0. The average molecular weight is 366 g/mol. The lowest BCUT2D eigenvalue weighted by Crippen LogP contribution is -2.44. The number of piperazine rings is 1. The number of ketones is 1. The molecule has 0 saturated carbocycles. The normalized spacial score (nSPS) is 18.4. The second-order valence-corrected chi connectivity index (χ2v) is 6.25. The van der Waals surface area contributed by atoms with Crippen LogP contribution >= 0.6 is 11.6 Å². The molecule has 0 unspecified atom stereocenters. The van der Waals surface area contributed by atoms with Crippen molar-refractivity contribution in [1.82, 2.24) is 20.8 Å². The summed E-state index contributed by atoms with van der Waals surface area (Å²) in [4.78, 5) is 26.8. The van der Waals surface area contributed by atoms with Gasteiger partial charge in [0.05, 0.1) is 17.1 Å². The minimum Gasteiger partial charge on any atom is -0.510 e. The Hall–Kier alpha value is -2.32. The summed E-state index contributed by atoms with van der Waals surface area (Å²) in [5.41, 5.74) is 1.60. The van der Waals surface area contributed by atoms with Crippen LogP contribution in [0.25, 0.3) is 5.57 Å². The molecule has 8 nitrogen and oxygen atoms in total. The number of carbonyl (C=O) groups excluding carboxylic acids is 2. The molecule has 4 N–H and O–H groups in total. The number of aromatic amines is 1. The molecule has 1 aromatic heterocycles. The lowest BCUT2D eigenvalue weighted by atomic mass is 9.97. The van der Waals surface area contributed by atoms with Crippen molar-refractivity contribution in [3.63, 3.8) is 0 Å². The van der Waals surface area contributed by atoms with Gasteiger partial charge in [0, 0.05) is 38.3 Å². The fraction of sp³-hybridized carbons (Fsp3) is 0.438. The van der Waals surface area contributed by atoms with E-state index in [1.807, 2.05) is 11.8 Å². The van der Waals surface area contributed by atoms with Crippen LogP contribution in [0, 0.1) is 0 Å². The molecule has 25 heavy (non-hydrogen) atoms. The summed E-state index contributed by atoms with van der Waals surface area (Å²) in [6.07, 6.45) is 1.24. The Morgan fingerprint density at radius 3 is 2.84 bits per heavy atom. The SMILES string of the molecule is CCNC(=O)c1[nH]nc(C2=CC(Cl)=C(O)CC2=O)c1N1CCNCC1. The van der Waals surface area contributed by atoms with Crippen molar-refractivity contribution < 1.29 is 14.7 Å². The third-order valence-electron chi connectivity index (χ3n) is 4.17. The zero-order chi connectivity index (χ0) is 18.0. The third kappa shape index (κ3) is 3.40. The molecule has 134 valence electrons. The first-order valence-corrected chi connectivity index (χ1v) is 8.55. The summed E-state index contributed by atoms with van der Waals surface area (Å²) in [6.45, 7) is 5.24. The third-order valence-corrected chi connectivity index (χ3v) is 4.50. The van der Waals surface area contributed by atoms with Crippen molar-refractivity contribution >= 4 is 34.6 Å². The highest BCUT2D eigenvalue weighted by atomic mass is 35.5. The summed E-state index contributed by atoms with van der Waals surface area (Å²) >= 11 is 5.99. The second-order valence-electron chi connectivity index (χ2n) is 5.84. The molecular formula is C16H20ClN5O3. The number of aliphatic hydroxyl groups is 1. The number of aromatic nitrogens is 2. The highest BCUT2D eigenvalue weighted by Crippen LogP contribution is 2.35. The van der Waals surface area contributed by atoms with Crippen LogP contribution in [0.15, 0.2) is 16.9 Å². The Balaban J connectivity index is 2.09. The number of nitrogens with zero attached hydrogens (tertiary/aromatic N) is 2. The van der Waals surface area contributed by atoms with Crippen LogP contribution < -0.4 is 15.5 Å². The van der Waals surface area contributed by atoms with Gasteiger partial charge in [0.2, 0.25) is 0 Å². The van der Waals surface area contributed by atoms with Gasteiger partial charge in [0.25, 0.3) is 5.91 Å². The Labute approximate surface area is 149 Å². The van der Waals surface area contributed by atoms with E-state index in [4.69, 9.17) is 11.6 Å². The molecule has 1 fully saturated rings. The molecule has 0 bridgehead atoms. The van der Waals surface area contributed by atoms with Crippen molar-refractivity contribution in [2.45, 2.75) is 13.3 Å². The number of nitrogens with one attached hydrogen (secondary N) is 3. The van der Waals surface area contributed by atoms with Gasteiger partial charge < -0.3 is 20.6 Å². The van der Waals surface area contributed by atoms with Crippen molar-refractivity contribution in [3.05, 3.63) is 28.3 Å². The lowest BCUT2D eigenvalue weighted by Gasteiger charge is -2.30. The van der Waals surface area contributed by atoms with Gasteiger partial charge in [-0.25, -0.2) is 0 Å². The fourth-order valence-electron chi connectivity index (χ4n) is 2.95. The van der Waals surface area contributed by atoms with E-state index in [9.17, 15) is 14.7 Å². The first kappa shape index (κ1) is 17.5. The number of amides is 1. The monoisotopic (exact) mass is 365 g/mol. The van der Waals surface area contributed by atoms with E-state index in [0.717, 1.165) is 13.1 Å². The van der Waals surface area contributed by atoms with Crippen LogP contribution in [-0.4, -0.2) is 59.7 Å². The van der Waals surface area contributed by atoms with Gasteiger partial charge in [-0.3, -0.25) is 14.7 Å². The maximum absolute atomic E-state index is 12.4. The smallest absolute Gasteiger partial charge is 0.271 e. The Kier molecular flexibility index (Phi) is 5.10. The number of anilines is 1. The van der Waals surface area contributed by atoms with Crippen LogP contribution in [-0.2, 0) is 4.79 Å². The molecule has 2 heterocycles. The van der Waals surface area contributed by atoms with Crippen molar-refractivity contribution in [1.29, 1.82) is 0 Å². The summed E-state index contributed by atoms with van der Waals surface area (Å²) in [7, 11) is 0. The summed E-state index contributed by atoms with van der Waals surface area (Å²) in [6, 6.07) is 0. The number of halogens is 1. The molecule has 0 radical (unpaired) electrons. The Morgan fingerprint density at radius 1 is 1.44 bits per heavy atom.